The number of carbonyl (C=O) groups is 2. The van der Waals surface area contributed by atoms with Crippen LogP contribution in [0, 0.1) is 23.2 Å². The van der Waals surface area contributed by atoms with E-state index < -0.39 is 0 Å². The molecule has 0 radical (unpaired) electrons. The van der Waals surface area contributed by atoms with Gasteiger partial charge in [-0.2, -0.15) is 0 Å². The lowest BCUT2D eigenvalue weighted by Crippen LogP contribution is -2.62. The third-order valence-corrected chi connectivity index (χ3v) is 7.89. The van der Waals surface area contributed by atoms with E-state index in [4.69, 9.17) is 9.53 Å². The van der Waals surface area contributed by atoms with E-state index >= 15 is 0 Å². The Balaban J connectivity index is 0.000000880. The molecule has 4 aliphatic rings. The first-order chi connectivity index (χ1) is 12.0. The smallest absolute Gasteiger partial charge is 0.220 e. The van der Waals surface area contributed by atoms with Crippen molar-refractivity contribution in [2.45, 2.75) is 76.9 Å². The Morgan fingerprint density at radius 1 is 1.16 bits per heavy atom. The number of nitrogens with one attached hydrogen (secondary N) is 1. The van der Waals surface area contributed by atoms with Crippen molar-refractivity contribution in [1.29, 1.82) is 0 Å². The quantitative estimate of drug-likeness (QED) is 0.737. The maximum absolute atomic E-state index is 11.9. The summed E-state index contributed by atoms with van der Waals surface area (Å²) in [6, 6.07) is 0. The van der Waals surface area contributed by atoms with E-state index in [2.05, 4.69) is 25.2 Å². The van der Waals surface area contributed by atoms with Crippen LogP contribution in [0.5, 0.6) is 0 Å². The summed E-state index contributed by atoms with van der Waals surface area (Å²) < 4.78 is 5.65. The minimum atomic E-state index is 0.0436. The summed E-state index contributed by atoms with van der Waals surface area (Å²) in [5.74, 6) is 2.48. The lowest BCUT2D eigenvalue weighted by molar-refractivity contribution is -0.131. The number of carbonyl (C=O) groups excluding carboxylic acids is 2. The van der Waals surface area contributed by atoms with Crippen molar-refractivity contribution >= 4 is 12.7 Å². The van der Waals surface area contributed by atoms with Crippen molar-refractivity contribution in [2.24, 2.45) is 23.2 Å². The molecule has 1 heterocycles. The second-order valence-electron chi connectivity index (χ2n) is 8.90. The molecular weight excluding hydrogens is 314 g/mol. The second-order valence-corrected chi connectivity index (χ2v) is 8.90. The zero-order chi connectivity index (χ0) is 18.2. The highest BCUT2D eigenvalue weighted by molar-refractivity contribution is 5.77. The van der Waals surface area contributed by atoms with Gasteiger partial charge >= 0.3 is 0 Å². The molecule has 1 aliphatic heterocycles. The van der Waals surface area contributed by atoms with E-state index in [1.807, 2.05) is 13.9 Å². The van der Waals surface area contributed by atoms with Crippen LogP contribution in [0.4, 0.5) is 0 Å². The Hall–Kier alpha value is -1.16. The van der Waals surface area contributed by atoms with Crippen molar-refractivity contribution in [3.8, 4) is 0 Å². The van der Waals surface area contributed by atoms with Gasteiger partial charge in [0.1, 0.15) is 6.79 Å². The Bertz CT molecular complexity index is 559. The molecule has 3 aliphatic carbocycles. The number of allylic oxidation sites excluding steroid dienone is 1. The molecule has 25 heavy (non-hydrogen) atoms. The number of piperidine rings is 1. The summed E-state index contributed by atoms with van der Waals surface area (Å²) in [6.45, 7) is 6.82. The zero-order valence-corrected chi connectivity index (χ0v) is 16.0. The third kappa shape index (κ3) is 2.97. The van der Waals surface area contributed by atoms with Crippen molar-refractivity contribution in [1.82, 2.24) is 5.32 Å². The number of fused-ring (bicyclic) bond motifs is 5. The Labute approximate surface area is 151 Å². The molecule has 4 heteroatoms. The Morgan fingerprint density at radius 3 is 2.64 bits per heavy atom. The van der Waals surface area contributed by atoms with E-state index in [-0.39, 0.29) is 11.4 Å². The first kappa shape index (κ1) is 18.6. The van der Waals surface area contributed by atoms with Crippen molar-refractivity contribution < 1.29 is 14.3 Å². The number of ether oxygens (including phenoxy) is 1. The van der Waals surface area contributed by atoms with Crippen molar-refractivity contribution in [3.63, 3.8) is 0 Å². The molecule has 4 rings (SSSR count). The molecule has 4 nitrogen and oxygen atoms in total. The molecular formula is C21H33NO3. The van der Waals surface area contributed by atoms with Crippen molar-refractivity contribution in [2.75, 3.05) is 7.11 Å². The summed E-state index contributed by atoms with van der Waals surface area (Å²) in [6.07, 6.45) is 12.0. The van der Waals surface area contributed by atoms with Crippen LogP contribution in [0.2, 0.25) is 0 Å². The van der Waals surface area contributed by atoms with Crippen LogP contribution in [0.1, 0.15) is 65.2 Å². The molecule has 6 atom stereocenters. The van der Waals surface area contributed by atoms with Crippen LogP contribution >= 0.6 is 0 Å². The molecule has 1 saturated heterocycles. The molecule has 0 spiro atoms. The Kier molecular flexibility index (Phi) is 5.11. The van der Waals surface area contributed by atoms with E-state index in [0.29, 0.717) is 17.4 Å². The van der Waals surface area contributed by atoms with E-state index in [9.17, 15) is 4.79 Å². The fourth-order valence-corrected chi connectivity index (χ4v) is 6.50. The van der Waals surface area contributed by atoms with Crippen LogP contribution < -0.4 is 5.32 Å². The first-order valence-electron chi connectivity index (χ1n) is 9.78. The van der Waals surface area contributed by atoms with Gasteiger partial charge in [0.15, 0.2) is 0 Å². The fourth-order valence-electron chi connectivity index (χ4n) is 6.50. The SMILES string of the molecule is C=O.COC1CCC2(C)C(=CCC3[C@@H]4CCC(=O)NC4(C)CC[C@@H]32)C1. The number of hydrogen-bond donors (Lipinski definition) is 1. The molecule has 0 aromatic rings. The molecule has 1 amide bonds. The summed E-state index contributed by atoms with van der Waals surface area (Å²) in [5.41, 5.74) is 2.09. The molecule has 0 aromatic heterocycles. The maximum atomic E-state index is 11.9. The van der Waals surface area contributed by atoms with Gasteiger partial charge < -0.3 is 14.8 Å². The highest BCUT2D eigenvalue weighted by Gasteiger charge is 2.55. The average Bonchev–Trinajstić information content (AvgIpc) is 2.61. The third-order valence-electron chi connectivity index (χ3n) is 7.89. The van der Waals surface area contributed by atoms with Gasteiger partial charge in [-0.1, -0.05) is 18.6 Å². The maximum Gasteiger partial charge on any atom is 0.220 e. The number of hydrogen-bond acceptors (Lipinski definition) is 3. The Morgan fingerprint density at radius 2 is 1.92 bits per heavy atom. The van der Waals surface area contributed by atoms with Gasteiger partial charge in [0, 0.05) is 19.1 Å². The van der Waals surface area contributed by atoms with Crippen LogP contribution in [-0.2, 0) is 14.3 Å². The first-order valence-corrected chi connectivity index (χ1v) is 9.78. The van der Waals surface area contributed by atoms with E-state index in [1.54, 1.807) is 5.57 Å². The van der Waals surface area contributed by atoms with Crippen molar-refractivity contribution in [3.05, 3.63) is 11.6 Å². The van der Waals surface area contributed by atoms with E-state index in [0.717, 1.165) is 37.5 Å². The number of methoxy groups -OCH3 is 1. The van der Waals surface area contributed by atoms with Gasteiger partial charge in [-0.25, -0.2) is 0 Å². The monoisotopic (exact) mass is 347 g/mol. The summed E-state index contributed by atoms with van der Waals surface area (Å²) >= 11 is 0. The van der Waals surface area contributed by atoms with Gasteiger partial charge in [-0.05, 0) is 75.0 Å². The topological polar surface area (TPSA) is 55.4 Å². The molecule has 2 saturated carbocycles. The van der Waals surface area contributed by atoms with Crippen LogP contribution in [0.15, 0.2) is 11.6 Å². The van der Waals surface area contributed by atoms with Gasteiger partial charge in [0.2, 0.25) is 5.91 Å². The fraction of sp³-hybridized carbons (Fsp3) is 0.810. The molecule has 4 unspecified atom stereocenters. The molecule has 1 N–H and O–H groups in total. The minimum absolute atomic E-state index is 0.0436. The lowest BCUT2D eigenvalue weighted by atomic mass is 9.48. The van der Waals surface area contributed by atoms with Crippen LogP contribution in [0.3, 0.4) is 0 Å². The van der Waals surface area contributed by atoms with Gasteiger partial charge in [-0.15, -0.1) is 0 Å². The number of amides is 1. The highest BCUT2D eigenvalue weighted by Crippen LogP contribution is 2.60. The summed E-state index contributed by atoms with van der Waals surface area (Å²) in [5, 5.41) is 3.35. The normalized spacial score (nSPS) is 45.6. The largest absolute Gasteiger partial charge is 0.381 e. The highest BCUT2D eigenvalue weighted by atomic mass is 16.5. The molecule has 0 bridgehead atoms. The summed E-state index contributed by atoms with van der Waals surface area (Å²) in [4.78, 5) is 19.9. The van der Waals surface area contributed by atoms with Gasteiger partial charge in [0.05, 0.1) is 6.10 Å². The molecule has 140 valence electrons. The van der Waals surface area contributed by atoms with E-state index in [1.165, 1.54) is 25.7 Å². The van der Waals surface area contributed by atoms with Crippen LogP contribution in [-0.4, -0.2) is 31.4 Å². The standard InChI is InChI=1S/C20H31NO2.CH2O/c1-19-10-8-14(23-3)12-13(19)4-5-15-16(19)9-11-20(2)17(15)6-7-18(22)21-20;1-2/h4,14-17H,5-12H2,1-3H3,(H,21,22);1H2/t14?,15?,16-,17-,19?,20?;/m0./s1. The average molecular weight is 347 g/mol. The predicted molar refractivity (Wildman–Crippen MR) is 98.1 cm³/mol. The van der Waals surface area contributed by atoms with Gasteiger partial charge in [-0.3, -0.25) is 4.79 Å². The summed E-state index contributed by atoms with van der Waals surface area (Å²) in [7, 11) is 1.86. The predicted octanol–water partition coefficient (Wildman–Crippen LogP) is 3.65. The number of rotatable bonds is 1. The van der Waals surface area contributed by atoms with Crippen LogP contribution in [0.25, 0.3) is 0 Å². The molecule has 3 fully saturated rings. The zero-order valence-electron chi connectivity index (χ0n) is 16.0. The minimum Gasteiger partial charge on any atom is -0.381 e. The lowest BCUT2D eigenvalue weighted by Gasteiger charge is -2.59. The second kappa shape index (κ2) is 6.86. The van der Waals surface area contributed by atoms with Gasteiger partial charge in [0.25, 0.3) is 0 Å². The molecule has 0 aromatic carbocycles.